The van der Waals surface area contributed by atoms with E-state index in [2.05, 4.69) is 152 Å². The Labute approximate surface area is 358 Å². The van der Waals surface area contributed by atoms with Gasteiger partial charge >= 0.3 is 52.1 Å². The number of rotatable bonds is 11. The molecule has 0 amide bonds. The van der Waals surface area contributed by atoms with E-state index in [9.17, 15) is 0 Å². The second-order valence-corrected chi connectivity index (χ2v) is 54.2. The van der Waals surface area contributed by atoms with Crippen LogP contribution in [0.15, 0.2) is 0 Å². The molecule has 0 aromatic rings. The van der Waals surface area contributed by atoms with Crippen molar-refractivity contribution in [1.82, 2.24) is 0 Å². The van der Waals surface area contributed by atoms with E-state index in [4.69, 9.17) is 45.3 Å². The van der Waals surface area contributed by atoms with Crippen LogP contribution in [0.5, 0.6) is 0 Å². The van der Waals surface area contributed by atoms with Gasteiger partial charge in [0.1, 0.15) is 0 Å². The van der Waals surface area contributed by atoms with Crippen LogP contribution in [0.25, 0.3) is 0 Å². The molecule has 1 aliphatic heterocycles. The lowest BCUT2D eigenvalue weighted by molar-refractivity contribution is 0.203. The summed E-state index contributed by atoms with van der Waals surface area (Å²) >= 11 is 0. The van der Waals surface area contributed by atoms with Crippen molar-refractivity contribution in [2.24, 2.45) is 0 Å². The average Bonchev–Trinajstić information content (AvgIpc) is 3.05. The summed E-state index contributed by atoms with van der Waals surface area (Å²) in [6.07, 6.45) is 0. The summed E-state index contributed by atoms with van der Waals surface area (Å²) in [5, 5.41) is 0. The summed E-state index contributed by atoms with van der Waals surface area (Å²) in [6, 6.07) is 0. The Bertz CT molecular complexity index is 1050. The summed E-state index contributed by atoms with van der Waals surface area (Å²) < 4.78 is 77.9. The van der Waals surface area contributed by atoms with Crippen LogP contribution in [-0.2, 0) is 45.3 Å². The second kappa shape index (κ2) is 24.0. The van der Waals surface area contributed by atoms with E-state index < -0.39 is 102 Å². The normalized spacial score (nSPS) is 26.5. The highest BCUT2D eigenvalue weighted by molar-refractivity contribution is 6.95. The van der Waals surface area contributed by atoms with Crippen LogP contribution < -0.4 is 0 Å². The maximum atomic E-state index is 8.22. The lowest BCUT2D eigenvalue weighted by Crippen LogP contribution is -2.71. The third-order valence-electron chi connectivity index (χ3n) is 11.4. The zero-order valence-corrected chi connectivity index (χ0v) is 52.7. The van der Waals surface area contributed by atoms with Gasteiger partial charge in [0.2, 0.25) is 0 Å². The largest absolute Gasteiger partial charge is 0.425 e. The van der Waals surface area contributed by atoms with Gasteiger partial charge in [-0.05, 0) is 61.0 Å². The SMILES string of the molecule is CC(C)[SiH]1O[SiH2]O[SiH2]O[SiH2]O[SiH2]O[SiH2]O[Si](C(C)C)(C(C)C)O[Si](C(C)C)(C(C)C)O[Si](C(C)C)(C(C)C)O[Si](C(C)C)(C(C)C)O[Si](C(C)C)(C(C)C)O1. The average molecular weight is 970 g/mol. The molecular formula is C33H88O11Si11. The fourth-order valence-corrected chi connectivity index (χ4v) is 59.9. The van der Waals surface area contributed by atoms with Crippen molar-refractivity contribution in [3.63, 3.8) is 0 Å². The van der Waals surface area contributed by atoms with E-state index in [1.165, 1.54) is 0 Å². The van der Waals surface area contributed by atoms with E-state index in [1.807, 2.05) is 0 Å². The van der Waals surface area contributed by atoms with Crippen LogP contribution in [0.3, 0.4) is 0 Å². The van der Waals surface area contributed by atoms with Crippen molar-refractivity contribution in [2.75, 3.05) is 0 Å². The van der Waals surface area contributed by atoms with E-state index in [0.717, 1.165) is 0 Å². The van der Waals surface area contributed by atoms with Crippen LogP contribution >= 0.6 is 0 Å². The highest BCUT2D eigenvalue weighted by atomic mass is 28.5. The predicted molar refractivity (Wildman–Crippen MR) is 257 cm³/mol. The number of hydrogen-bond acceptors (Lipinski definition) is 11. The summed E-state index contributed by atoms with van der Waals surface area (Å²) in [5.41, 5.74) is 1.78. The molecule has 1 saturated heterocycles. The molecular weight excluding hydrogens is 881 g/mol. The van der Waals surface area contributed by atoms with E-state index in [1.54, 1.807) is 0 Å². The second-order valence-electron chi connectivity index (χ2n) is 19.0. The Morgan fingerprint density at radius 1 is 0.309 bits per heavy atom. The molecule has 11 nitrogen and oxygen atoms in total. The highest BCUT2D eigenvalue weighted by Crippen LogP contribution is 2.53. The van der Waals surface area contributed by atoms with Crippen LogP contribution in [0.4, 0.5) is 0 Å². The van der Waals surface area contributed by atoms with E-state index in [0.29, 0.717) is 0 Å². The molecule has 0 aromatic carbocycles. The van der Waals surface area contributed by atoms with Crippen molar-refractivity contribution in [3.8, 4) is 0 Å². The van der Waals surface area contributed by atoms with Crippen molar-refractivity contribution >= 4 is 102 Å². The van der Waals surface area contributed by atoms with Gasteiger partial charge in [-0.1, -0.05) is 152 Å². The minimum absolute atomic E-state index is 0.129. The van der Waals surface area contributed by atoms with Crippen molar-refractivity contribution in [1.29, 1.82) is 0 Å². The Hall–Kier alpha value is 1.95. The van der Waals surface area contributed by atoms with Gasteiger partial charge in [-0.2, -0.15) is 0 Å². The van der Waals surface area contributed by atoms with Gasteiger partial charge in [-0.25, -0.2) is 0 Å². The number of hydrogen-bond donors (Lipinski definition) is 0. The standard InChI is InChI=1S/C33H88O11Si11/c1-23(2)50-38-48-36-46-34-45-35-47-37-49-39-51(24(3)4,25(5)6)41-53(28(11)12,29(13)14)43-55(32(19)20,33(21)22)44-54(30(15)16,31(17)18)42-52(40-50,26(7)8)27(9)10/h23-33,50H,45-49H2,1-22H3. The van der Waals surface area contributed by atoms with Crippen molar-refractivity contribution in [3.05, 3.63) is 0 Å². The quantitative estimate of drug-likeness (QED) is 0.198. The lowest BCUT2D eigenvalue weighted by Gasteiger charge is -2.57. The molecule has 0 aliphatic carbocycles. The third-order valence-corrected chi connectivity index (χ3v) is 50.6. The Balaban J connectivity index is 4.35. The third kappa shape index (κ3) is 13.5. The maximum Gasteiger partial charge on any atom is 0.325 e. The van der Waals surface area contributed by atoms with Crippen LogP contribution in [0.2, 0.25) is 61.0 Å². The monoisotopic (exact) mass is 968 g/mol. The topological polar surface area (TPSA) is 102 Å². The van der Waals surface area contributed by atoms with Gasteiger partial charge in [-0.3, -0.25) is 0 Å². The first kappa shape index (κ1) is 55.0. The van der Waals surface area contributed by atoms with Gasteiger partial charge in [0.25, 0.3) is 50.0 Å². The minimum Gasteiger partial charge on any atom is -0.425 e. The smallest absolute Gasteiger partial charge is 0.325 e. The molecule has 1 unspecified atom stereocenters. The molecule has 1 fully saturated rings. The van der Waals surface area contributed by atoms with Gasteiger partial charge in [0.05, 0.1) is 0 Å². The fraction of sp³-hybridized carbons (Fsp3) is 1.00. The van der Waals surface area contributed by atoms with Crippen LogP contribution in [0.1, 0.15) is 152 Å². The summed E-state index contributed by atoms with van der Waals surface area (Å²) in [7, 11) is -23.9. The molecule has 0 saturated carbocycles. The first-order chi connectivity index (χ1) is 25.3. The summed E-state index contributed by atoms with van der Waals surface area (Å²) in [4.78, 5) is 0. The van der Waals surface area contributed by atoms with Crippen LogP contribution in [-0.4, -0.2) is 102 Å². The molecule has 330 valence electrons. The Kier molecular flexibility index (Phi) is 24.0. The molecule has 0 spiro atoms. The molecule has 0 radical (unpaired) electrons. The molecule has 1 heterocycles. The first-order valence-electron chi connectivity index (χ1n) is 21.3. The van der Waals surface area contributed by atoms with E-state index in [-0.39, 0.29) is 61.0 Å². The summed E-state index contributed by atoms with van der Waals surface area (Å²) in [5.74, 6) is 0. The van der Waals surface area contributed by atoms with Crippen molar-refractivity contribution < 1.29 is 45.3 Å². The van der Waals surface area contributed by atoms with Gasteiger partial charge in [0.15, 0.2) is 0 Å². The Morgan fingerprint density at radius 3 is 0.855 bits per heavy atom. The van der Waals surface area contributed by atoms with Gasteiger partial charge < -0.3 is 45.3 Å². The maximum absolute atomic E-state index is 8.22. The molecule has 1 aliphatic rings. The van der Waals surface area contributed by atoms with E-state index >= 15 is 0 Å². The van der Waals surface area contributed by atoms with Gasteiger partial charge in [0, 0.05) is 0 Å². The summed E-state index contributed by atoms with van der Waals surface area (Å²) in [6.45, 7) is 50.4. The Morgan fingerprint density at radius 2 is 0.564 bits per heavy atom. The van der Waals surface area contributed by atoms with Crippen LogP contribution in [0, 0.1) is 0 Å². The zero-order valence-electron chi connectivity index (χ0n) is 39.5. The molecule has 0 bridgehead atoms. The minimum atomic E-state index is -3.20. The first-order valence-corrected chi connectivity index (χ1v) is 38.6. The predicted octanol–water partition coefficient (Wildman–Crippen LogP) is 7.12. The molecule has 1 rings (SSSR count). The molecule has 22 heteroatoms. The molecule has 0 N–H and O–H groups in total. The molecule has 55 heavy (non-hydrogen) atoms. The zero-order chi connectivity index (χ0) is 42.7. The fourth-order valence-electron chi connectivity index (χ4n) is 8.04. The molecule has 0 aromatic heterocycles. The van der Waals surface area contributed by atoms with Gasteiger partial charge in [-0.15, -0.1) is 0 Å². The lowest BCUT2D eigenvalue weighted by atomic mass is 10.5. The highest BCUT2D eigenvalue weighted by Gasteiger charge is 2.66. The van der Waals surface area contributed by atoms with Crippen molar-refractivity contribution in [2.45, 2.75) is 213 Å². The molecule has 1 atom stereocenters.